The number of alkyl halides is 3. The molecule has 1 N–H and O–H groups in total. The number of β-amino-alcohol motifs (C(OH)–C–C–N with tert-alkyl or cyclic N) is 1. The lowest BCUT2D eigenvalue weighted by molar-refractivity contribution is -0.0483. The van der Waals surface area contributed by atoms with E-state index in [4.69, 9.17) is 0 Å². The van der Waals surface area contributed by atoms with Crippen LogP contribution in [-0.4, -0.2) is 91.9 Å². The smallest absolute Gasteiger partial charge is 0.391 e. The molecule has 2 aromatic rings. The molecule has 0 aromatic heterocycles. The van der Waals surface area contributed by atoms with Crippen LogP contribution in [0.25, 0.3) is 11.1 Å². The Bertz CT molecular complexity index is 1340. The van der Waals surface area contributed by atoms with Gasteiger partial charge in [0.05, 0.1) is 10.9 Å². The van der Waals surface area contributed by atoms with E-state index in [0.29, 0.717) is 44.1 Å². The first kappa shape index (κ1) is 30.8. The molecule has 3 fully saturated rings. The fourth-order valence-electron chi connectivity index (χ4n) is 6.59. The first-order valence-corrected chi connectivity index (χ1v) is 16.3. The lowest BCUT2D eigenvalue weighted by Crippen LogP contribution is -2.58. The quantitative estimate of drug-likeness (QED) is 0.457. The van der Waals surface area contributed by atoms with E-state index in [9.17, 15) is 31.5 Å². The highest BCUT2D eigenvalue weighted by molar-refractivity contribution is 7.93. The summed E-state index contributed by atoms with van der Waals surface area (Å²) < 4.78 is 62.6. The average Bonchev–Trinajstić information content (AvgIpc) is 2.95. The Balaban J connectivity index is 1.12. The maximum Gasteiger partial charge on any atom is 0.497 e. The minimum atomic E-state index is -5.20. The van der Waals surface area contributed by atoms with E-state index in [1.54, 1.807) is 4.90 Å². The van der Waals surface area contributed by atoms with Crippen molar-refractivity contribution in [2.24, 2.45) is 5.92 Å². The standard InChI is InChI=1S/C31H40F3N3O4S/c1-35(20-23-13-18-36(19-14-23)22-30(15-3-16-30)42(40,41)31(32,33)34)27-11-9-25(10-12-27)24-5-7-26(8-6-24)29(39)37-17-2-4-28(38)21-37/h5-12,23,28,38H,2-4,13-22H2,1H3. The molecule has 7 nitrogen and oxygen atoms in total. The van der Waals surface area contributed by atoms with Crippen molar-refractivity contribution in [3.63, 3.8) is 0 Å². The molecule has 1 amide bonds. The molecule has 230 valence electrons. The van der Waals surface area contributed by atoms with Crippen LogP contribution in [0, 0.1) is 5.92 Å². The van der Waals surface area contributed by atoms with Gasteiger partial charge in [0.2, 0.25) is 0 Å². The number of halogens is 3. The molecule has 11 heteroatoms. The first-order valence-electron chi connectivity index (χ1n) is 14.8. The molecule has 0 bridgehead atoms. The van der Waals surface area contributed by atoms with Crippen LogP contribution in [-0.2, 0) is 9.84 Å². The van der Waals surface area contributed by atoms with Crippen LogP contribution in [0.3, 0.4) is 0 Å². The highest BCUT2D eigenvalue weighted by Crippen LogP contribution is 2.47. The predicted molar refractivity (Wildman–Crippen MR) is 157 cm³/mol. The lowest BCUT2D eigenvalue weighted by Gasteiger charge is -2.45. The predicted octanol–water partition coefficient (Wildman–Crippen LogP) is 4.96. The zero-order chi connectivity index (χ0) is 30.1. The molecule has 2 saturated heterocycles. The largest absolute Gasteiger partial charge is 0.497 e. The molecule has 1 saturated carbocycles. The van der Waals surface area contributed by atoms with Gasteiger partial charge in [0, 0.05) is 44.5 Å². The summed E-state index contributed by atoms with van der Waals surface area (Å²) in [6.07, 6.45) is 3.39. The maximum absolute atomic E-state index is 13.3. The zero-order valence-corrected chi connectivity index (χ0v) is 24.8. The monoisotopic (exact) mass is 607 g/mol. The molecule has 0 spiro atoms. The number of carbonyl (C=O) groups is 1. The molecule has 3 aliphatic rings. The third kappa shape index (κ3) is 6.33. The molecule has 1 atom stereocenters. The summed E-state index contributed by atoms with van der Waals surface area (Å²) in [6, 6.07) is 15.7. The number of hydrogen-bond acceptors (Lipinski definition) is 6. The van der Waals surface area contributed by atoms with Gasteiger partial charge in [-0.2, -0.15) is 13.2 Å². The Morgan fingerprint density at radius 2 is 1.55 bits per heavy atom. The Morgan fingerprint density at radius 1 is 0.952 bits per heavy atom. The molecule has 2 aromatic carbocycles. The van der Waals surface area contributed by atoms with E-state index in [-0.39, 0.29) is 25.3 Å². The number of nitrogens with zero attached hydrogens (tertiary/aromatic N) is 3. The molecule has 1 aliphatic carbocycles. The Kier molecular flexibility index (Phi) is 8.93. The highest BCUT2D eigenvalue weighted by atomic mass is 32.2. The van der Waals surface area contributed by atoms with Crippen LogP contribution in [0.5, 0.6) is 0 Å². The van der Waals surface area contributed by atoms with Gasteiger partial charge in [0.15, 0.2) is 0 Å². The molecule has 2 heterocycles. The van der Waals surface area contributed by atoms with Gasteiger partial charge >= 0.3 is 5.51 Å². The van der Waals surface area contributed by atoms with Crippen molar-refractivity contribution in [1.82, 2.24) is 9.80 Å². The number of likely N-dealkylation sites (tertiary alicyclic amines) is 2. The van der Waals surface area contributed by atoms with Crippen LogP contribution in [0.15, 0.2) is 48.5 Å². The number of benzene rings is 2. The van der Waals surface area contributed by atoms with E-state index >= 15 is 0 Å². The van der Waals surface area contributed by atoms with Crippen molar-refractivity contribution in [1.29, 1.82) is 0 Å². The molecule has 42 heavy (non-hydrogen) atoms. The topological polar surface area (TPSA) is 81.2 Å². The zero-order valence-electron chi connectivity index (χ0n) is 24.0. The fraction of sp³-hybridized carbons (Fsp3) is 0.581. The van der Waals surface area contributed by atoms with Crippen molar-refractivity contribution in [2.75, 3.05) is 51.2 Å². The number of anilines is 1. The van der Waals surface area contributed by atoms with E-state index in [0.717, 1.165) is 49.0 Å². The molecule has 2 aliphatic heterocycles. The normalized spacial score (nSPS) is 22.0. The van der Waals surface area contributed by atoms with E-state index in [1.807, 2.05) is 48.3 Å². The minimum Gasteiger partial charge on any atom is -0.391 e. The van der Waals surface area contributed by atoms with Crippen LogP contribution in [0.2, 0.25) is 0 Å². The van der Waals surface area contributed by atoms with Crippen LogP contribution < -0.4 is 4.90 Å². The van der Waals surface area contributed by atoms with E-state index in [2.05, 4.69) is 17.0 Å². The van der Waals surface area contributed by atoms with Gasteiger partial charge in [-0.25, -0.2) is 8.42 Å². The molecular formula is C31H40F3N3O4S. The number of rotatable bonds is 8. The minimum absolute atomic E-state index is 0.0324. The molecule has 0 radical (unpaired) electrons. The molecule has 5 rings (SSSR count). The number of aliphatic hydroxyl groups excluding tert-OH is 1. The SMILES string of the molecule is CN(CC1CCN(CC2(S(=O)(=O)C(F)(F)F)CCC2)CC1)c1ccc(-c2ccc(C(=O)N3CCCC(O)C3)cc2)cc1. The summed E-state index contributed by atoms with van der Waals surface area (Å²) in [4.78, 5) is 18.6. The Labute approximate surface area is 246 Å². The molecular weight excluding hydrogens is 567 g/mol. The number of amides is 1. The van der Waals surface area contributed by atoms with Crippen molar-refractivity contribution in [3.05, 3.63) is 54.1 Å². The van der Waals surface area contributed by atoms with Gasteiger partial charge in [0.25, 0.3) is 15.7 Å². The second kappa shape index (κ2) is 12.2. The maximum atomic E-state index is 13.3. The lowest BCUT2D eigenvalue weighted by atomic mass is 9.83. The van der Waals surface area contributed by atoms with Crippen LogP contribution in [0.4, 0.5) is 18.9 Å². The van der Waals surface area contributed by atoms with Gasteiger partial charge in [-0.1, -0.05) is 30.7 Å². The number of piperidine rings is 2. The summed E-state index contributed by atoms with van der Waals surface area (Å²) in [5, 5.41) is 9.88. The second-order valence-electron chi connectivity index (χ2n) is 12.3. The van der Waals surface area contributed by atoms with Gasteiger partial charge in [-0.05, 0) is 92.9 Å². The number of aliphatic hydroxyl groups is 1. The van der Waals surface area contributed by atoms with Crippen molar-refractivity contribution >= 4 is 21.4 Å². The van der Waals surface area contributed by atoms with Gasteiger partial charge in [0.1, 0.15) is 0 Å². The Hall–Kier alpha value is -2.63. The summed E-state index contributed by atoms with van der Waals surface area (Å²) in [6.45, 7) is 3.02. The van der Waals surface area contributed by atoms with E-state index < -0.39 is 26.2 Å². The van der Waals surface area contributed by atoms with Gasteiger partial charge < -0.3 is 19.8 Å². The molecule has 1 unspecified atom stereocenters. The first-order chi connectivity index (χ1) is 19.9. The van der Waals surface area contributed by atoms with Crippen molar-refractivity contribution in [2.45, 2.75) is 61.3 Å². The van der Waals surface area contributed by atoms with Crippen molar-refractivity contribution < 1.29 is 31.5 Å². The third-order valence-electron chi connectivity index (χ3n) is 9.35. The fourth-order valence-corrected chi connectivity index (χ4v) is 8.26. The van der Waals surface area contributed by atoms with Gasteiger partial charge in [-0.3, -0.25) is 4.79 Å². The summed E-state index contributed by atoms with van der Waals surface area (Å²) in [5.41, 5.74) is -1.50. The number of sulfone groups is 1. The van der Waals surface area contributed by atoms with E-state index in [1.165, 1.54) is 0 Å². The van der Waals surface area contributed by atoms with Crippen LogP contribution in [0.1, 0.15) is 55.3 Å². The number of carbonyl (C=O) groups excluding carboxylic acids is 1. The Morgan fingerprint density at radius 3 is 2.07 bits per heavy atom. The summed E-state index contributed by atoms with van der Waals surface area (Å²) in [7, 11) is -3.15. The number of hydrogen-bond donors (Lipinski definition) is 1. The summed E-state index contributed by atoms with van der Waals surface area (Å²) in [5.74, 6) is 0.311. The van der Waals surface area contributed by atoms with Crippen molar-refractivity contribution in [3.8, 4) is 11.1 Å². The van der Waals surface area contributed by atoms with Gasteiger partial charge in [-0.15, -0.1) is 0 Å². The summed E-state index contributed by atoms with van der Waals surface area (Å²) >= 11 is 0. The van der Waals surface area contributed by atoms with Crippen LogP contribution >= 0.6 is 0 Å². The third-order valence-corrected chi connectivity index (χ3v) is 11.6. The second-order valence-corrected chi connectivity index (χ2v) is 14.6. The highest BCUT2D eigenvalue weighted by Gasteiger charge is 2.62. The average molecular weight is 608 g/mol.